The van der Waals surface area contributed by atoms with Gasteiger partial charge < -0.3 is 10.0 Å². The van der Waals surface area contributed by atoms with Gasteiger partial charge in [0.1, 0.15) is 5.75 Å². The zero-order chi connectivity index (χ0) is 12.0. The molecule has 1 N–H and O–H groups in total. The molecule has 0 atom stereocenters. The van der Waals surface area contributed by atoms with Crippen LogP contribution >= 0.6 is 11.6 Å². The summed E-state index contributed by atoms with van der Waals surface area (Å²) in [6, 6.07) is 1.51. The highest BCUT2D eigenvalue weighted by atomic mass is 35.5. The number of carbonyl (C=O) groups is 1. The zero-order valence-electron chi connectivity index (χ0n) is 9.19. The minimum absolute atomic E-state index is 0.0863. The highest BCUT2D eigenvalue weighted by molar-refractivity contribution is 6.17. The van der Waals surface area contributed by atoms with Gasteiger partial charge in [-0.25, -0.2) is 0 Å². The van der Waals surface area contributed by atoms with E-state index in [9.17, 15) is 9.90 Å². The van der Waals surface area contributed by atoms with E-state index >= 15 is 0 Å². The van der Waals surface area contributed by atoms with Crippen molar-refractivity contribution >= 4 is 17.5 Å². The molecule has 0 unspecified atom stereocenters. The van der Waals surface area contributed by atoms with Crippen LogP contribution < -0.4 is 0 Å². The lowest BCUT2D eigenvalue weighted by molar-refractivity contribution is 0.0761. The second kappa shape index (κ2) is 6.33. The molecular weight excluding hydrogens is 228 g/mol. The van der Waals surface area contributed by atoms with Gasteiger partial charge in [0.15, 0.2) is 0 Å². The van der Waals surface area contributed by atoms with Gasteiger partial charge >= 0.3 is 0 Å². The molecule has 0 bridgehead atoms. The van der Waals surface area contributed by atoms with Crippen molar-refractivity contribution in [2.45, 2.75) is 13.3 Å². The highest BCUT2D eigenvalue weighted by Gasteiger charge is 2.16. The Bertz CT molecular complexity index is 358. The van der Waals surface area contributed by atoms with E-state index in [0.717, 1.165) is 6.42 Å². The monoisotopic (exact) mass is 242 g/mol. The van der Waals surface area contributed by atoms with Gasteiger partial charge in [0.25, 0.3) is 5.91 Å². The fourth-order valence-corrected chi connectivity index (χ4v) is 1.51. The number of pyridine rings is 1. The van der Waals surface area contributed by atoms with Gasteiger partial charge in [0, 0.05) is 25.2 Å². The van der Waals surface area contributed by atoms with Gasteiger partial charge in [-0.3, -0.25) is 9.78 Å². The summed E-state index contributed by atoms with van der Waals surface area (Å²) in [6.45, 7) is 3.09. The lowest BCUT2D eigenvalue weighted by Gasteiger charge is -2.20. The van der Waals surface area contributed by atoms with Gasteiger partial charge in [-0.2, -0.15) is 0 Å². The summed E-state index contributed by atoms with van der Waals surface area (Å²) in [7, 11) is 0. The molecule has 0 aromatic carbocycles. The van der Waals surface area contributed by atoms with Crippen LogP contribution in [-0.4, -0.2) is 39.9 Å². The average molecular weight is 243 g/mol. The van der Waals surface area contributed by atoms with Crippen LogP contribution in [0.15, 0.2) is 18.5 Å². The number of hydrogen-bond acceptors (Lipinski definition) is 3. The molecule has 5 heteroatoms. The van der Waals surface area contributed by atoms with Crippen LogP contribution in [0.1, 0.15) is 23.7 Å². The van der Waals surface area contributed by atoms with Crippen LogP contribution in [0.2, 0.25) is 0 Å². The number of aromatic hydroxyl groups is 1. The molecular formula is C11H15ClN2O2. The predicted molar refractivity (Wildman–Crippen MR) is 62.8 cm³/mol. The Morgan fingerprint density at radius 2 is 2.38 bits per heavy atom. The summed E-state index contributed by atoms with van der Waals surface area (Å²) in [5, 5.41) is 9.51. The molecule has 0 saturated heterocycles. The first-order chi connectivity index (χ1) is 7.70. The van der Waals surface area contributed by atoms with Crippen LogP contribution in [0.4, 0.5) is 0 Å². The van der Waals surface area contributed by atoms with Crippen molar-refractivity contribution < 1.29 is 9.90 Å². The first kappa shape index (κ1) is 12.8. The average Bonchev–Trinajstić information content (AvgIpc) is 2.30. The molecule has 16 heavy (non-hydrogen) atoms. The van der Waals surface area contributed by atoms with Crippen LogP contribution in [0.5, 0.6) is 5.75 Å². The normalized spacial score (nSPS) is 10.1. The maximum Gasteiger partial charge on any atom is 0.257 e. The summed E-state index contributed by atoms with van der Waals surface area (Å²) in [5.74, 6) is 0.246. The van der Waals surface area contributed by atoms with Crippen LogP contribution in [-0.2, 0) is 0 Å². The Hall–Kier alpha value is -1.29. The molecule has 0 aliphatic carbocycles. The van der Waals surface area contributed by atoms with Crippen LogP contribution in [0.25, 0.3) is 0 Å². The summed E-state index contributed by atoms with van der Waals surface area (Å²) in [6.07, 6.45) is 3.50. The van der Waals surface area contributed by atoms with E-state index in [1.54, 1.807) is 4.90 Å². The smallest absolute Gasteiger partial charge is 0.257 e. The van der Waals surface area contributed by atoms with E-state index in [-0.39, 0.29) is 17.2 Å². The van der Waals surface area contributed by atoms with Crippen molar-refractivity contribution in [2.75, 3.05) is 19.0 Å². The lowest BCUT2D eigenvalue weighted by atomic mass is 10.2. The number of aromatic nitrogens is 1. The Labute approximate surface area is 99.9 Å². The van der Waals surface area contributed by atoms with Gasteiger partial charge in [-0.05, 0) is 19.4 Å². The van der Waals surface area contributed by atoms with Crippen molar-refractivity contribution in [2.24, 2.45) is 0 Å². The van der Waals surface area contributed by atoms with Gasteiger partial charge in [0.05, 0.1) is 11.8 Å². The number of halogens is 1. The number of rotatable bonds is 5. The number of nitrogens with zero attached hydrogens (tertiary/aromatic N) is 2. The predicted octanol–water partition coefficient (Wildman–Crippen LogP) is 1.88. The summed E-state index contributed by atoms with van der Waals surface area (Å²) < 4.78 is 0. The van der Waals surface area contributed by atoms with E-state index in [2.05, 4.69) is 4.98 Å². The van der Waals surface area contributed by atoms with Crippen LogP contribution in [0.3, 0.4) is 0 Å². The fourth-order valence-electron chi connectivity index (χ4n) is 1.39. The van der Waals surface area contributed by atoms with E-state index < -0.39 is 0 Å². The Morgan fingerprint density at radius 1 is 1.62 bits per heavy atom. The van der Waals surface area contributed by atoms with Gasteiger partial charge in [-0.1, -0.05) is 0 Å². The molecule has 4 nitrogen and oxygen atoms in total. The Morgan fingerprint density at radius 3 is 2.94 bits per heavy atom. The molecule has 1 rings (SSSR count). The van der Waals surface area contributed by atoms with Crippen molar-refractivity contribution in [1.29, 1.82) is 0 Å². The molecule has 1 heterocycles. The summed E-state index contributed by atoms with van der Waals surface area (Å²) in [4.78, 5) is 17.4. The maximum absolute atomic E-state index is 12.0. The molecule has 1 aromatic heterocycles. The van der Waals surface area contributed by atoms with Crippen molar-refractivity contribution in [3.8, 4) is 5.75 Å². The first-order valence-electron chi connectivity index (χ1n) is 5.19. The van der Waals surface area contributed by atoms with E-state index in [4.69, 9.17) is 11.6 Å². The minimum atomic E-state index is -0.187. The van der Waals surface area contributed by atoms with Gasteiger partial charge in [0.2, 0.25) is 0 Å². The third kappa shape index (κ3) is 3.10. The molecule has 0 aliphatic heterocycles. The standard InChI is InChI=1S/C11H15ClN2O2/c1-2-14(7-3-5-12)11(16)9-4-6-13-8-10(9)15/h4,6,8,15H,2-3,5,7H2,1H3. The summed E-state index contributed by atoms with van der Waals surface area (Å²) in [5.41, 5.74) is 0.284. The molecule has 0 radical (unpaired) electrons. The van der Waals surface area contributed by atoms with E-state index in [1.165, 1.54) is 18.5 Å². The van der Waals surface area contributed by atoms with Gasteiger partial charge in [-0.15, -0.1) is 11.6 Å². The topological polar surface area (TPSA) is 53.4 Å². The zero-order valence-corrected chi connectivity index (χ0v) is 9.94. The van der Waals surface area contributed by atoms with Crippen molar-refractivity contribution in [3.05, 3.63) is 24.0 Å². The van der Waals surface area contributed by atoms with Crippen molar-refractivity contribution in [1.82, 2.24) is 9.88 Å². The van der Waals surface area contributed by atoms with E-state index in [0.29, 0.717) is 19.0 Å². The Kier molecular flexibility index (Phi) is 5.05. The molecule has 1 aromatic rings. The molecule has 88 valence electrons. The number of hydrogen-bond donors (Lipinski definition) is 1. The minimum Gasteiger partial charge on any atom is -0.505 e. The highest BCUT2D eigenvalue weighted by Crippen LogP contribution is 2.16. The number of alkyl halides is 1. The lowest BCUT2D eigenvalue weighted by Crippen LogP contribution is -2.32. The second-order valence-electron chi connectivity index (χ2n) is 3.32. The second-order valence-corrected chi connectivity index (χ2v) is 3.70. The SMILES string of the molecule is CCN(CCCCl)C(=O)c1ccncc1O. The van der Waals surface area contributed by atoms with Crippen molar-refractivity contribution in [3.63, 3.8) is 0 Å². The fraction of sp³-hybridized carbons (Fsp3) is 0.455. The molecule has 1 amide bonds. The largest absolute Gasteiger partial charge is 0.505 e. The molecule has 0 fully saturated rings. The first-order valence-corrected chi connectivity index (χ1v) is 5.72. The quantitative estimate of drug-likeness (QED) is 0.803. The number of amides is 1. The molecule has 0 aliphatic rings. The van der Waals surface area contributed by atoms with E-state index in [1.807, 2.05) is 6.92 Å². The number of carbonyl (C=O) groups excluding carboxylic acids is 1. The third-order valence-electron chi connectivity index (χ3n) is 2.26. The third-order valence-corrected chi connectivity index (χ3v) is 2.53. The maximum atomic E-state index is 12.0. The van der Waals surface area contributed by atoms with Crippen LogP contribution in [0, 0.1) is 0 Å². The molecule has 0 saturated carbocycles. The Balaban J connectivity index is 2.79. The molecule has 0 spiro atoms. The summed E-state index contributed by atoms with van der Waals surface area (Å²) >= 11 is 5.59.